The van der Waals surface area contributed by atoms with Gasteiger partial charge in [0.1, 0.15) is 17.2 Å². The van der Waals surface area contributed by atoms with Gasteiger partial charge in [-0.15, -0.1) is 0 Å². The summed E-state index contributed by atoms with van der Waals surface area (Å²) in [7, 11) is -3.40. The number of piperidine rings is 1. The van der Waals surface area contributed by atoms with E-state index in [1.807, 2.05) is 6.07 Å². The van der Waals surface area contributed by atoms with Gasteiger partial charge in [-0.3, -0.25) is 43.8 Å². The molecule has 0 bridgehead atoms. The van der Waals surface area contributed by atoms with Gasteiger partial charge in [-0.05, 0) is 61.9 Å². The number of carbonyl (C=O) groups excluding carboxylic acids is 5. The topological polar surface area (TPSA) is 289 Å². The number of amides is 5. The molecule has 9 rings (SSSR count). The summed E-state index contributed by atoms with van der Waals surface area (Å²) in [6, 6.07) is 15.1. The van der Waals surface area contributed by atoms with Crippen molar-refractivity contribution in [2.75, 3.05) is 68.3 Å². The van der Waals surface area contributed by atoms with E-state index in [9.17, 15) is 50.8 Å². The van der Waals surface area contributed by atoms with Gasteiger partial charge in [0.2, 0.25) is 27.8 Å². The summed E-state index contributed by atoms with van der Waals surface area (Å²) >= 11 is 0. The van der Waals surface area contributed by atoms with Crippen LogP contribution in [-0.4, -0.2) is 158 Å². The van der Waals surface area contributed by atoms with Crippen molar-refractivity contribution in [1.82, 2.24) is 49.5 Å². The van der Waals surface area contributed by atoms with Crippen LogP contribution in [0.2, 0.25) is 0 Å². The zero-order chi connectivity index (χ0) is 50.1. The molecule has 7 heterocycles. The Balaban J connectivity index is 0.000000876. The summed E-state index contributed by atoms with van der Waals surface area (Å²) < 4.78 is 59.7. The number of H-pyrrole nitrogens is 1. The second-order valence-corrected chi connectivity index (χ2v) is 19.1. The highest BCUT2D eigenvalue weighted by molar-refractivity contribution is 7.89. The van der Waals surface area contributed by atoms with Crippen LogP contribution in [0.3, 0.4) is 0 Å². The number of carboxylic acid groups (broad SMARTS) is 1. The second kappa shape index (κ2) is 19.3. The summed E-state index contributed by atoms with van der Waals surface area (Å²) in [6.07, 6.45) is 0.361. The molecule has 26 heteroatoms. The zero-order valence-electron chi connectivity index (χ0n) is 37.2. The molecule has 1 unspecified atom stereocenters. The van der Waals surface area contributed by atoms with Crippen LogP contribution in [0, 0.1) is 11.3 Å². The van der Waals surface area contributed by atoms with E-state index in [2.05, 4.69) is 46.9 Å². The molecule has 1 atom stereocenters. The fourth-order valence-corrected chi connectivity index (χ4v) is 9.78. The van der Waals surface area contributed by atoms with E-state index in [1.165, 1.54) is 4.31 Å². The number of fused-ring (bicyclic) bond motifs is 2. The van der Waals surface area contributed by atoms with Crippen molar-refractivity contribution < 1.29 is 55.5 Å². The van der Waals surface area contributed by atoms with Crippen molar-refractivity contribution in [3.8, 4) is 17.3 Å². The van der Waals surface area contributed by atoms with Crippen molar-refractivity contribution in [2.24, 2.45) is 0 Å². The lowest BCUT2D eigenvalue weighted by Gasteiger charge is -2.47. The highest BCUT2D eigenvalue weighted by Crippen LogP contribution is 2.37. The van der Waals surface area contributed by atoms with Crippen LogP contribution in [0.1, 0.15) is 57.3 Å². The van der Waals surface area contributed by atoms with Crippen molar-refractivity contribution in [1.29, 1.82) is 5.26 Å². The minimum Gasteiger partial charge on any atom is -0.475 e. The second-order valence-electron chi connectivity index (χ2n) is 16.8. The number of carboxylic acids is 1. The van der Waals surface area contributed by atoms with Crippen LogP contribution in [-0.2, 0) is 29.9 Å². The Morgan fingerprint density at radius 1 is 0.986 bits per heavy atom. The molecule has 5 N–H and O–H groups in total. The number of sulfonamides is 1. The lowest BCUT2D eigenvalue weighted by molar-refractivity contribution is -0.192. The number of carbonyl (C=O) groups is 6. The quantitative estimate of drug-likeness (QED) is 0.106. The third kappa shape index (κ3) is 9.89. The van der Waals surface area contributed by atoms with Crippen LogP contribution in [0.5, 0.6) is 0 Å². The first-order chi connectivity index (χ1) is 33.3. The summed E-state index contributed by atoms with van der Waals surface area (Å²) in [5, 5.41) is 30.4. The number of aromatic nitrogens is 5. The molecule has 3 aromatic heterocycles. The van der Waals surface area contributed by atoms with Gasteiger partial charge in [0, 0.05) is 99.1 Å². The molecule has 5 aromatic rings. The van der Waals surface area contributed by atoms with Gasteiger partial charge >= 0.3 is 12.1 Å². The Bertz CT molecular complexity index is 3050. The lowest BCUT2D eigenvalue weighted by atomic mass is 9.89. The van der Waals surface area contributed by atoms with Crippen LogP contribution >= 0.6 is 0 Å². The van der Waals surface area contributed by atoms with Crippen molar-refractivity contribution in [3.05, 3.63) is 83.8 Å². The minimum absolute atomic E-state index is 0.0178. The number of alkyl halides is 3. The largest absolute Gasteiger partial charge is 0.490 e. The molecule has 3 saturated heterocycles. The molecule has 5 amide bonds. The highest BCUT2D eigenvalue weighted by atomic mass is 32.2. The monoisotopic (exact) mass is 987 g/mol. The first-order valence-corrected chi connectivity index (χ1v) is 23.5. The number of piperazine rings is 1. The van der Waals surface area contributed by atoms with Gasteiger partial charge in [-0.2, -0.15) is 32.8 Å². The van der Waals surface area contributed by atoms with Gasteiger partial charge in [0.15, 0.2) is 0 Å². The predicted octanol–water partition coefficient (Wildman–Crippen LogP) is 2.43. The van der Waals surface area contributed by atoms with Crippen LogP contribution in [0.4, 0.5) is 30.5 Å². The molecule has 0 saturated carbocycles. The molecule has 22 nitrogen and oxygen atoms in total. The van der Waals surface area contributed by atoms with E-state index >= 15 is 0 Å². The minimum atomic E-state index is -5.08. The third-order valence-corrected chi connectivity index (χ3v) is 14.2. The Labute approximate surface area is 396 Å². The number of hydrogen-bond donors (Lipinski definition) is 5. The maximum Gasteiger partial charge on any atom is 0.490 e. The molecule has 0 aliphatic carbocycles. The molecule has 2 aromatic carbocycles. The van der Waals surface area contributed by atoms with Crippen molar-refractivity contribution in [3.63, 3.8) is 0 Å². The number of imide groups is 2. The maximum atomic E-state index is 13.3. The summed E-state index contributed by atoms with van der Waals surface area (Å²) in [6.45, 7) is 5.75. The molecular formula is C44H44F3N13O9S. The molecule has 0 radical (unpaired) electrons. The van der Waals surface area contributed by atoms with Gasteiger partial charge in [0.05, 0.1) is 41.3 Å². The van der Waals surface area contributed by atoms with Crippen LogP contribution in [0.25, 0.3) is 22.3 Å². The fraction of sp³-hybridized carbons (Fsp3) is 0.364. The number of aromatic amines is 1. The maximum absolute atomic E-state index is 13.3. The van der Waals surface area contributed by atoms with Crippen molar-refractivity contribution >= 4 is 73.9 Å². The molecule has 3 fully saturated rings. The molecule has 4 aliphatic heterocycles. The van der Waals surface area contributed by atoms with E-state index in [1.54, 1.807) is 72.7 Å². The van der Waals surface area contributed by atoms with E-state index in [0.29, 0.717) is 60.3 Å². The average Bonchev–Trinajstić information content (AvgIpc) is 4.06. The molecule has 4 aliphatic rings. The van der Waals surface area contributed by atoms with Gasteiger partial charge in [-0.25, -0.2) is 18.2 Å². The van der Waals surface area contributed by atoms with Gasteiger partial charge in [0.25, 0.3) is 17.7 Å². The van der Waals surface area contributed by atoms with Crippen LogP contribution in [0.15, 0.2) is 67.1 Å². The number of anilines is 3. The first kappa shape index (κ1) is 48.7. The van der Waals surface area contributed by atoms with E-state index in [-0.39, 0.29) is 55.1 Å². The third-order valence-electron chi connectivity index (χ3n) is 12.4. The Hall–Kier alpha value is -7.76. The first-order valence-electron chi connectivity index (χ1n) is 21.8. The number of nitrogens with zero attached hydrogens (tertiary/aromatic N) is 9. The normalized spacial score (nSPS) is 18.4. The average molecular weight is 988 g/mol. The molecule has 366 valence electrons. The van der Waals surface area contributed by atoms with E-state index < -0.39 is 57.4 Å². The van der Waals surface area contributed by atoms with E-state index in [0.717, 1.165) is 29.1 Å². The number of aliphatic carboxylic acids is 1. The fourth-order valence-electron chi connectivity index (χ4n) is 8.55. The number of halogens is 3. The highest BCUT2D eigenvalue weighted by Gasteiger charge is 2.50. The SMILES string of the molecule is CCS(=O)(=O)N1CC(CC#N)(n2cc(-c3nc(Nc4ccc(C(=O)NCCN5CCN(c6ccc7c(c6)C(=O)N(C6CCC(=O)NC6=O)C7=O)CC5)cc4)nc4[nH]ccc34)cn2)C1.O=C(O)C(F)(F)F. The number of benzene rings is 2. The summed E-state index contributed by atoms with van der Waals surface area (Å²) in [4.78, 5) is 90.3. The standard InChI is InChI=1S/C42H43N13O7S.C2HF3O2/c1-2-63(61,62)53-24-42(25-53,12-13-43)54-23-27(22-46-54)35-31-11-14-44-36(31)50-41(49-35)47-28-5-3-26(4-6-28)37(57)45-15-16-51-17-19-52(20-18-51)29-7-8-30-32(21-29)40(60)55(39(30)59)33-9-10-34(56)48-38(33)58;3-2(4,5)1(6)7/h3-8,11,14,21-23,33H,2,9-10,12,15-20,24-25H2,1H3,(H,45,57)(H,48,56,58)(H2,44,47,49,50);(H,6,7). The number of rotatable bonds is 13. The van der Waals surface area contributed by atoms with E-state index in [4.69, 9.17) is 14.9 Å². The van der Waals surface area contributed by atoms with Crippen molar-refractivity contribution in [2.45, 2.75) is 43.9 Å². The number of hydrogen-bond acceptors (Lipinski definition) is 15. The lowest BCUT2D eigenvalue weighted by Crippen LogP contribution is -2.64. The summed E-state index contributed by atoms with van der Waals surface area (Å²) in [5.74, 6) is -4.82. The molecular weight excluding hydrogens is 944 g/mol. The molecule has 70 heavy (non-hydrogen) atoms. The predicted molar refractivity (Wildman–Crippen MR) is 242 cm³/mol. The zero-order valence-corrected chi connectivity index (χ0v) is 38.0. The number of nitrogens with one attached hydrogen (secondary N) is 4. The Morgan fingerprint density at radius 3 is 2.34 bits per heavy atom. The Kier molecular flexibility index (Phi) is 13.4. The van der Waals surface area contributed by atoms with Gasteiger partial charge in [-0.1, -0.05) is 0 Å². The smallest absolute Gasteiger partial charge is 0.475 e. The number of nitriles is 1. The molecule has 0 spiro atoms. The summed E-state index contributed by atoms with van der Waals surface area (Å²) in [5.41, 5.74) is 3.49. The van der Waals surface area contributed by atoms with Gasteiger partial charge < -0.3 is 25.6 Å². The Morgan fingerprint density at radius 2 is 1.69 bits per heavy atom. The van der Waals surface area contributed by atoms with Crippen LogP contribution < -0.4 is 20.9 Å².